The Morgan fingerprint density at radius 1 is 1.45 bits per heavy atom. The van der Waals surface area contributed by atoms with Gasteiger partial charge >= 0.3 is 0 Å². The van der Waals surface area contributed by atoms with Crippen molar-refractivity contribution in [2.24, 2.45) is 0 Å². The minimum absolute atomic E-state index is 1.19. The van der Waals surface area contributed by atoms with Gasteiger partial charge in [-0.3, -0.25) is 4.40 Å². The van der Waals surface area contributed by atoms with E-state index in [-0.39, 0.29) is 0 Å². The molecule has 0 unspecified atom stereocenters. The standard InChI is InChI=1S/C8H7IN2/c1-6-2-3-8(9)11-5-10-4-7(6)11/h2-5H,1H3. The number of hydrogen-bond acceptors (Lipinski definition) is 1. The Bertz CT molecular complexity index is 356. The fourth-order valence-electron chi connectivity index (χ4n) is 1.12. The Morgan fingerprint density at radius 2 is 2.27 bits per heavy atom. The van der Waals surface area contributed by atoms with Crippen LogP contribution in [-0.2, 0) is 0 Å². The molecule has 2 aromatic rings. The summed E-state index contributed by atoms with van der Waals surface area (Å²) in [5.74, 6) is 0. The molecular formula is C8H7IN2. The Labute approximate surface area is 78.4 Å². The lowest BCUT2D eigenvalue weighted by Gasteiger charge is -1.99. The van der Waals surface area contributed by atoms with Crippen LogP contribution in [0.4, 0.5) is 0 Å². The quantitative estimate of drug-likeness (QED) is 0.523. The smallest absolute Gasteiger partial charge is 0.100 e. The molecule has 2 aromatic heterocycles. The summed E-state index contributed by atoms with van der Waals surface area (Å²) in [4.78, 5) is 4.08. The van der Waals surface area contributed by atoms with Gasteiger partial charge in [0.05, 0.1) is 15.4 Å². The molecule has 0 aliphatic rings. The molecule has 3 heteroatoms. The number of aryl methyl sites for hydroxylation is 1. The second-order valence-electron chi connectivity index (χ2n) is 2.49. The summed E-state index contributed by atoms with van der Waals surface area (Å²) >= 11 is 2.29. The van der Waals surface area contributed by atoms with E-state index in [0.29, 0.717) is 0 Å². The van der Waals surface area contributed by atoms with Gasteiger partial charge in [-0.1, -0.05) is 6.07 Å². The number of imidazole rings is 1. The van der Waals surface area contributed by atoms with Gasteiger partial charge in [-0.15, -0.1) is 0 Å². The highest BCUT2D eigenvalue weighted by Gasteiger charge is 1.98. The van der Waals surface area contributed by atoms with E-state index in [0.717, 1.165) is 0 Å². The Balaban J connectivity index is 2.96. The van der Waals surface area contributed by atoms with Crippen LogP contribution in [0.2, 0.25) is 0 Å². The molecule has 2 heterocycles. The van der Waals surface area contributed by atoms with E-state index < -0.39 is 0 Å². The summed E-state index contributed by atoms with van der Waals surface area (Å²) in [5.41, 5.74) is 2.46. The first-order valence-corrected chi connectivity index (χ1v) is 4.44. The van der Waals surface area contributed by atoms with Crippen LogP contribution in [0.25, 0.3) is 5.52 Å². The summed E-state index contributed by atoms with van der Waals surface area (Å²) in [6.07, 6.45) is 3.72. The predicted octanol–water partition coefficient (Wildman–Crippen LogP) is 2.25. The third-order valence-corrected chi connectivity index (χ3v) is 2.62. The number of hydrogen-bond donors (Lipinski definition) is 0. The van der Waals surface area contributed by atoms with Crippen LogP contribution in [0.5, 0.6) is 0 Å². The average Bonchev–Trinajstić information content (AvgIpc) is 2.45. The van der Waals surface area contributed by atoms with E-state index in [1.807, 2.05) is 12.5 Å². The summed E-state index contributed by atoms with van der Waals surface area (Å²) in [7, 11) is 0. The molecule has 0 aliphatic carbocycles. The van der Waals surface area contributed by atoms with Gasteiger partial charge in [-0.05, 0) is 41.1 Å². The van der Waals surface area contributed by atoms with Crippen molar-refractivity contribution in [3.8, 4) is 0 Å². The number of rotatable bonds is 0. The summed E-state index contributed by atoms with van der Waals surface area (Å²) in [6.45, 7) is 2.09. The molecule has 0 aliphatic heterocycles. The molecule has 0 amide bonds. The van der Waals surface area contributed by atoms with Crippen LogP contribution in [0.15, 0.2) is 24.7 Å². The highest BCUT2D eigenvalue weighted by Crippen LogP contribution is 2.13. The number of pyridine rings is 1. The van der Waals surface area contributed by atoms with Crippen LogP contribution in [0.1, 0.15) is 5.56 Å². The van der Waals surface area contributed by atoms with E-state index in [1.165, 1.54) is 14.8 Å². The van der Waals surface area contributed by atoms with Crippen molar-refractivity contribution in [1.82, 2.24) is 9.38 Å². The molecule has 0 aromatic carbocycles. The molecule has 0 bridgehead atoms. The van der Waals surface area contributed by atoms with Gasteiger partial charge in [0, 0.05) is 0 Å². The van der Waals surface area contributed by atoms with E-state index >= 15 is 0 Å². The van der Waals surface area contributed by atoms with Gasteiger partial charge in [-0.25, -0.2) is 4.98 Å². The molecule has 0 radical (unpaired) electrons. The maximum absolute atomic E-state index is 4.08. The molecule has 0 N–H and O–H groups in total. The molecule has 0 fully saturated rings. The Kier molecular flexibility index (Phi) is 1.60. The van der Waals surface area contributed by atoms with E-state index in [1.54, 1.807) is 0 Å². The summed E-state index contributed by atoms with van der Waals surface area (Å²) < 4.78 is 3.27. The van der Waals surface area contributed by atoms with Crippen molar-refractivity contribution >= 4 is 28.1 Å². The van der Waals surface area contributed by atoms with Crippen molar-refractivity contribution in [2.45, 2.75) is 6.92 Å². The largest absolute Gasteiger partial charge is 0.294 e. The van der Waals surface area contributed by atoms with E-state index in [4.69, 9.17) is 0 Å². The lowest BCUT2D eigenvalue weighted by Crippen LogP contribution is -1.89. The van der Waals surface area contributed by atoms with Gasteiger partial charge in [-0.2, -0.15) is 0 Å². The first-order chi connectivity index (χ1) is 5.29. The molecule has 2 rings (SSSR count). The van der Waals surface area contributed by atoms with Crippen molar-refractivity contribution in [3.63, 3.8) is 0 Å². The minimum atomic E-state index is 1.19. The first-order valence-electron chi connectivity index (χ1n) is 3.36. The first kappa shape index (κ1) is 7.09. The maximum atomic E-state index is 4.08. The minimum Gasteiger partial charge on any atom is -0.294 e. The molecular weight excluding hydrogens is 251 g/mol. The lowest BCUT2D eigenvalue weighted by molar-refractivity contribution is 1.10. The summed E-state index contributed by atoms with van der Waals surface area (Å²) in [6, 6.07) is 4.20. The number of fused-ring (bicyclic) bond motifs is 1. The second-order valence-corrected chi connectivity index (χ2v) is 3.59. The molecule has 0 saturated carbocycles. The van der Waals surface area contributed by atoms with Gasteiger partial charge in [0.1, 0.15) is 6.33 Å². The highest BCUT2D eigenvalue weighted by atomic mass is 127. The van der Waals surface area contributed by atoms with Crippen LogP contribution in [0, 0.1) is 10.6 Å². The highest BCUT2D eigenvalue weighted by molar-refractivity contribution is 14.1. The molecule has 0 spiro atoms. The monoisotopic (exact) mass is 258 g/mol. The van der Waals surface area contributed by atoms with Gasteiger partial charge in [0.15, 0.2) is 0 Å². The van der Waals surface area contributed by atoms with Crippen molar-refractivity contribution < 1.29 is 0 Å². The fraction of sp³-hybridized carbons (Fsp3) is 0.125. The molecule has 2 nitrogen and oxygen atoms in total. The van der Waals surface area contributed by atoms with Crippen molar-refractivity contribution in [1.29, 1.82) is 0 Å². The Morgan fingerprint density at radius 3 is 3.00 bits per heavy atom. The normalized spacial score (nSPS) is 10.7. The fourth-order valence-corrected chi connectivity index (χ4v) is 1.68. The van der Waals surface area contributed by atoms with E-state index in [9.17, 15) is 0 Å². The van der Waals surface area contributed by atoms with Crippen LogP contribution >= 0.6 is 22.6 Å². The van der Waals surface area contributed by atoms with Gasteiger partial charge in [0.2, 0.25) is 0 Å². The van der Waals surface area contributed by atoms with Gasteiger partial charge < -0.3 is 0 Å². The third-order valence-electron chi connectivity index (χ3n) is 1.74. The Hall–Kier alpha value is -0.580. The van der Waals surface area contributed by atoms with Crippen molar-refractivity contribution in [2.75, 3.05) is 0 Å². The van der Waals surface area contributed by atoms with Crippen LogP contribution < -0.4 is 0 Å². The zero-order valence-electron chi connectivity index (χ0n) is 6.08. The molecule has 56 valence electrons. The molecule has 11 heavy (non-hydrogen) atoms. The lowest BCUT2D eigenvalue weighted by atomic mass is 10.3. The van der Waals surface area contributed by atoms with E-state index in [2.05, 4.69) is 51.0 Å². The zero-order valence-corrected chi connectivity index (χ0v) is 8.24. The number of nitrogens with zero attached hydrogens (tertiary/aromatic N) is 2. The average molecular weight is 258 g/mol. The SMILES string of the molecule is Cc1ccc(I)n2cncc12. The summed E-state index contributed by atoms with van der Waals surface area (Å²) in [5, 5.41) is 0. The zero-order chi connectivity index (χ0) is 7.84. The second kappa shape index (κ2) is 2.48. The third kappa shape index (κ3) is 1.03. The number of halogens is 1. The molecule has 0 atom stereocenters. The number of aromatic nitrogens is 2. The molecule has 0 saturated heterocycles. The topological polar surface area (TPSA) is 17.3 Å². The van der Waals surface area contributed by atoms with Crippen LogP contribution in [0.3, 0.4) is 0 Å². The maximum Gasteiger partial charge on any atom is 0.100 e. The van der Waals surface area contributed by atoms with Crippen molar-refractivity contribution in [3.05, 3.63) is 33.9 Å². The van der Waals surface area contributed by atoms with Gasteiger partial charge in [0.25, 0.3) is 0 Å². The predicted molar refractivity (Wildman–Crippen MR) is 52.6 cm³/mol. The van der Waals surface area contributed by atoms with Crippen LogP contribution in [-0.4, -0.2) is 9.38 Å².